The summed E-state index contributed by atoms with van der Waals surface area (Å²) in [6, 6.07) is 7.96. The highest BCUT2D eigenvalue weighted by atomic mass is 19.1. The Hall–Kier alpha value is -1.05. The fourth-order valence-corrected chi connectivity index (χ4v) is 0.753. The van der Waals surface area contributed by atoms with Crippen molar-refractivity contribution in [1.82, 2.24) is 0 Å². The Morgan fingerprint density at radius 1 is 1.08 bits per heavy atom. The third kappa shape index (κ3) is 7.32. The average molecular weight is 185 g/mol. The van der Waals surface area contributed by atoms with Gasteiger partial charge in [-0.3, -0.25) is 4.39 Å². The van der Waals surface area contributed by atoms with Gasteiger partial charge in [-0.05, 0) is 24.1 Å². The Morgan fingerprint density at radius 2 is 1.46 bits per heavy atom. The zero-order valence-corrected chi connectivity index (χ0v) is 8.97. The van der Waals surface area contributed by atoms with Crippen LogP contribution in [-0.2, 0) is 6.42 Å². The predicted octanol–water partition coefficient (Wildman–Crippen LogP) is 3.44. The molecule has 0 unspecified atom stereocenters. The fourth-order valence-electron chi connectivity index (χ4n) is 0.753. The number of halogens is 1. The van der Waals surface area contributed by atoms with Gasteiger partial charge in [-0.2, -0.15) is 0 Å². The summed E-state index contributed by atoms with van der Waals surface area (Å²) < 4.78 is 9.50. The van der Waals surface area contributed by atoms with Crippen LogP contribution in [0, 0.1) is 0 Å². The van der Waals surface area contributed by atoms with Crippen molar-refractivity contribution in [2.45, 2.75) is 27.2 Å². The molecule has 2 heteroatoms. The molecule has 1 aromatic carbocycles. The van der Waals surface area contributed by atoms with Crippen molar-refractivity contribution >= 4 is 5.69 Å². The van der Waals surface area contributed by atoms with Gasteiger partial charge in [0.05, 0.1) is 7.18 Å². The summed E-state index contributed by atoms with van der Waals surface area (Å²) >= 11 is 0. The SMILES string of the molecule is CC.CCc1ccc(N)cc1.CF. The summed E-state index contributed by atoms with van der Waals surface area (Å²) in [6.45, 7) is 6.13. The van der Waals surface area contributed by atoms with Crippen molar-refractivity contribution in [2.75, 3.05) is 12.9 Å². The number of hydrogen-bond donors (Lipinski definition) is 1. The van der Waals surface area contributed by atoms with E-state index in [9.17, 15) is 4.39 Å². The van der Waals surface area contributed by atoms with Crippen LogP contribution < -0.4 is 5.73 Å². The molecule has 0 radical (unpaired) electrons. The van der Waals surface area contributed by atoms with Gasteiger partial charge < -0.3 is 5.73 Å². The first-order chi connectivity index (χ1) is 6.33. The van der Waals surface area contributed by atoms with Crippen LogP contribution in [0.5, 0.6) is 0 Å². The molecule has 1 rings (SSSR count). The van der Waals surface area contributed by atoms with E-state index in [0.717, 1.165) is 12.1 Å². The molecule has 0 atom stereocenters. The van der Waals surface area contributed by atoms with Gasteiger partial charge in [-0.15, -0.1) is 0 Å². The van der Waals surface area contributed by atoms with Crippen molar-refractivity contribution in [3.05, 3.63) is 29.8 Å². The lowest BCUT2D eigenvalue weighted by Gasteiger charge is -1.94. The van der Waals surface area contributed by atoms with Crippen molar-refractivity contribution in [3.8, 4) is 0 Å². The van der Waals surface area contributed by atoms with Crippen molar-refractivity contribution < 1.29 is 4.39 Å². The van der Waals surface area contributed by atoms with E-state index in [1.807, 2.05) is 26.0 Å². The molecule has 0 amide bonds. The number of rotatable bonds is 1. The Morgan fingerprint density at radius 3 is 1.77 bits per heavy atom. The standard InChI is InChI=1S/C8H11N.C2H6.CH3F/c1-2-7-3-5-8(9)6-4-7;2*1-2/h3-6H,2,9H2,1H3;1-2H3;1H3. The molecule has 0 aliphatic rings. The van der Waals surface area contributed by atoms with E-state index < -0.39 is 0 Å². The molecule has 0 fully saturated rings. The van der Waals surface area contributed by atoms with E-state index in [1.54, 1.807) is 0 Å². The van der Waals surface area contributed by atoms with Crippen LogP contribution in [0.1, 0.15) is 26.3 Å². The average Bonchev–Trinajstić information content (AvgIpc) is 2.25. The summed E-state index contributed by atoms with van der Waals surface area (Å²) in [7, 11) is 0.500. The van der Waals surface area contributed by atoms with Gasteiger partial charge >= 0.3 is 0 Å². The Labute approximate surface area is 80.8 Å². The monoisotopic (exact) mass is 185 g/mol. The Balaban J connectivity index is 0. The van der Waals surface area contributed by atoms with Crippen LogP contribution in [0.15, 0.2) is 24.3 Å². The van der Waals surface area contributed by atoms with Crippen molar-refractivity contribution in [2.24, 2.45) is 0 Å². The van der Waals surface area contributed by atoms with E-state index in [-0.39, 0.29) is 0 Å². The number of hydrogen-bond acceptors (Lipinski definition) is 1. The van der Waals surface area contributed by atoms with Crippen molar-refractivity contribution in [3.63, 3.8) is 0 Å². The van der Waals surface area contributed by atoms with E-state index >= 15 is 0 Å². The molecular formula is C11H20FN. The zero-order valence-electron chi connectivity index (χ0n) is 8.97. The molecule has 1 nitrogen and oxygen atoms in total. The van der Waals surface area contributed by atoms with Crippen molar-refractivity contribution in [1.29, 1.82) is 0 Å². The minimum atomic E-state index is 0.500. The van der Waals surface area contributed by atoms with Crippen LogP contribution in [0.25, 0.3) is 0 Å². The second-order valence-electron chi connectivity index (χ2n) is 2.10. The van der Waals surface area contributed by atoms with Crippen LogP contribution in [0.3, 0.4) is 0 Å². The van der Waals surface area contributed by atoms with Crippen LogP contribution in [-0.4, -0.2) is 7.18 Å². The first kappa shape index (κ1) is 14.5. The molecule has 0 saturated carbocycles. The van der Waals surface area contributed by atoms with E-state index in [0.29, 0.717) is 7.18 Å². The number of anilines is 1. The molecule has 0 bridgehead atoms. The summed E-state index contributed by atoms with van der Waals surface area (Å²) in [5.74, 6) is 0. The van der Waals surface area contributed by atoms with Crippen LogP contribution in [0.2, 0.25) is 0 Å². The number of nitrogens with two attached hydrogens (primary N) is 1. The molecule has 13 heavy (non-hydrogen) atoms. The van der Waals surface area contributed by atoms with E-state index in [4.69, 9.17) is 5.73 Å². The quantitative estimate of drug-likeness (QED) is 0.666. The van der Waals surface area contributed by atoms with E-state index in [2.05, 4.69) is 19.1 Å². The highest BCUT2D eigenvalue weighted by molar-refractivity contribution is 5.39. The maximum Gasteiger partial charge on any atom is 0.0785 e. The minimum Gasteiger partial charge on any atom is -0.399 e. The third-order valence-corrected chi connectivity index (χ3v) is 1.39. The maximum atomic E-state index is 9.50. The summed E-state index contributed by atoms with van der Waals surface area (Å²) in [6.07, 6.45) is 1.08. The molecule has 0 spiro atoms. The van der Waals surface area contributed by atoms with Gasteiger partial charge in [0.25, 0.3) is 0 Å². The Kier molecular flexibility index (Phi) is 12.2. The van der Waals surface area contributed by atoms with Gasteiger partial charge in [0.2, 0.25) is 0 Å². The number of aryl methyl sites for hydroxylation is 1. The molecule has 1 aromatic rings. The maximum absolute atomic E-state index is 9.50. The highest BCUT2D eigenvalue weighted by Crippen LogP contribution is 2.04. The fraction of sp³-hybridized carbons (Fsp3) is 0.455. The van der Waals surface area contributed by atoms with Crippen LogP contribution in [0.4, 0.5) is 10.1 Å². The third-order valence-electron chi connectivity index (χ3n) is 1.39. The largest absolute Gasteiger partial charge is 0.399 e. The van der Waals surface area contributed by atoms with Gasteiger partial charge in [0, 0.05) is 5.69 Å². The molecule has 0 saturated heterocycles. The lowest BCUT2D eigenvalue weighted by atomic mass is 10.2. The molecule has 2 N–H and O–H groups in total. The molecule has 0 aliphatic carbocycles. The molecule has 0 aromatic heterocycles. The minimum absolute atomic E-state index is 0.500. The van der Waals surface area contributed by atoms with Gasteiger partial charge in [0.15, 0.2) is 0 Å². The lowest BCUT2D eigenvalue weighted by Crippen LogP contribution is -1.84. The topological polar surface area (TPSA) is 26.0 Å². The summed E-state index contributed by atoms with van der Waals surface area (Å²) in [5, 5.41) is 0. The Bertz CT molecular complexity index is 182. The summed E-state index contributed by atoms with van der Waals surface area (Å²) in [5.41, 5.74) is 7.66. The molecule has 0 aliphatic heterocycles. The van der Waals surface area contributed by atoms with Gasteiger partial charge in [-0.25, -0.2) is 0 Å². The first-order valence-corrected chi connectivity index (χ1v) is 4.55. The van der Waals surface area contributed by atoms with E-state index in [1.165, 1.54) is 5.56 Å². The lowest BCUT2D eigenvalue weighted by molar-refractivity contribution is 0.636. The molecule has 0 heterocycles. The molecular weight excluding hydrogens is 165 g/mol. The smallest absolute Gasteiger partial charge is 0.0785 e. The number of nitrogen functional groups attached to an aromatic ring is 1. The van der Waals surface area contributed by atoms with Gasteiger partial charge in [-0.1, -0.05) is 32.9 Å². The van der Waals surface area contributed by atoms with Gasteiger partial charge in [0.1, 0.15) is 0 Å². The zero-order chi connectivity index (χ0) is 10.7. The number of alkyl halides is 1. The normalized spacial score (nSPS) is 7.46. The number of benzene rings is 1. The first-order valence-electron chi connectivity index (χ1n) is 4.55. The second-order valence-corrected chi connectivity index (χ2v) is 2.10. The molecule has 76 valence electrons. The predicted molar refractivity (Wildman–Crippen MR) is 58.6 cm³/mol. The highest BCUT2D eigenvalue weighted by Gasteiger charge is 1.85. The summed E-state index contributed by atoms with van der Waals surface area (Å²) in [4.78, 5) is 0. The second kappa shape index (κ2) is 11.0. The van der Waals surface area contributed by atoms with Crippen LogP contribution >= 0.6 is 0 Å².